The molecular weight excluding hydrogens is 252 g/mol. The summed E-state index contributed by atoms with van der Waals surface area (Å²) in [6.07, 6.45) is 3.45. The number of imidazole rings is 1. The van der Waals surface area contributed by atoms with E-state index in [4.69, 9.17) is 0 Å². The van der Waals surface area contributed by atoms with E-state index < -0.39 is 0 Å². The van der Waals surface area contributed by atoms with Gasteiger partial charge in [-0.2, -0.15) is 0 Å². The first-order chi connectivity index (χ1) is 9.68. The van der Waals surface area contributed by atoms with E-state index in [9.17, 15) is 4.79 Å². The van der Waals surface area contributed by atoms with E-state index in [-0.39, 0.29) is 11.7 Å². The fraction of sp³-hybridized carbons (Fsp3) is 0.267. The Balaban J connectivity index is 2.21. The first kappa shape index (κ1) is 12.6. The lowest BCUT2D eigenvalue weighted by atomic mass is 10.3. The molecule has 0 bridgehead atoms. The molecule has 3 aromatic heterocycles. The van der Waals surface area contributed by atoms with E-state index in [1.165, 1.54) is 0 Å². The lowest BCUT2D eigenvalue weighted by Crippen LogP contribution is -2.26. The van der Waals surface area contributed by atoms with E-state index >= 15 is 0 Å². The van der Waals surface area contributed by atoms with Gasteiger partial charge in [0.05, 0.1) is 17.8 Å². The Kier molecular flexibility index (Phi) is 3.10. The van der Waals surface area contributed by atoms with Gasteiger partial charge in [-0.25, -0.2) is 9.78 Å². The molecule has 0 fully saturated rings. The first-order valence-electron chi connectivity index (χ1n) is 6.64. The summed E-state index contributed by atoms with van der Waals surface area (Å²) in [5.41, 5.74) is 2.39. The van der Waals surface area contributed by atoms with Crippen molar-refractivity contribution in [3.05, 3.63) is 58.9 Å². The van der Waals surface area contributed by atoms with Gasteiger partial charge in [-0.15, -0.1) is 0 Å². The highest BCUT2D eigenvalue weighted by Gasteiger charge is 2.16. The highest BCUT2D eigenvalue weighted by Crippen LogP contribution is 2.15. The van der Waals surface area contributed by atoms with Crippen molar-refractivity contribution in [2.45, 2.75) is 26.4 Å². The third-order valence-electron chi connectivity index (χ3n) is 3.28. The van der Waals surface area contributed by atoms with Crippen molar-refractivity contribution in [3.63, 3.8) is 0 Å². The fourth-order valence-electron chi connectivity index (χ4n) is 2.38. The second-order valence-electron chi connectivity index (χ2n) is 5.00. The molecule has 5 heteroatoms. The van der Waals surface area contributed by atoms with Crippen LogP contribution in [0.3, 0.4) is 0 Å². The van der Waals surface area contributed by atoms with Crippen LogP contribution in [0.5, 0.6) is 0 Å². The van der Waals surface area contributed by atoms with Crippen LogP contribution in [0.25, 0.3) is 11.2 Å². The van der Waals surface area contributed by atoms with E-state index in [2.05, 4.69) is 9.97 Å². The zero-order chi connectivity index (χ0) is 14.1. The molecule has 0 aromatic carbocycles. The van der Waals surface area contributed by atoms with Crippen LogP contribution in [-0.4, -0.2) is 19.1 Å². The van der Waals surface area contributed by atoms with E-state index in [0.29, 0.717) is 6.54 Å². The zero-order valence-corrected chi connectivity index (χ0v) is 11.5. The van der Waals surface area contributed by atoms with Gasteiger partial charge >= 0.3 is 5.69 Å². The van der Waals surface area contributed by atoms with E-state index in [1.54, 1.807) is 21.5 Å². The van der Waals surface area contributed by atoms with Gasteiger partial charge < -0.3 is 0 Å². The summed E-state index contributed by atoms with van der Waals surface area (Å²) in [7, 11) is 0. The SMILES string of the molecule is CC(C)n1c(=O)n(Cc2ccccn2)c2cccnc21. The van der Waals surface area contributed by atoms with Crippen LogP contribution < -0.4 is 5.69 Å². The van der Waals surface area contributed by atoms with Crippen molar-refractivity contribution in [1.82, 2.24) is 19.1 Å². The quantitative estimate of drug-likeness (QED) is 0.732. The van der Waals surface area contributed by atoms with Crippen molar-refractivity contribution in [3.8, 4) is 0 Å². The molecule has 0 aliphatic rings. The van der Waals surface area contributed by atoms with Gasteiger partial charge in [-0.05, 0) is 38.1 Å². The molecule has 3 heterocycles. The molecule has 0 saturated heterocycles. The molecule has 0 aliphatic carbocycles. The fourth-order valence-corrected chi connectivity index (χ4v) is 2.38. The summed E-state index contributed by atoms with van der Waals surface area (Å²) >= 11 is 0. The Hall–Kier alpha value is -2.43. The monoisotopic (exact) mass is 268 g/mol. The summed E-state index contributed by atoms with van der Waals surface area (Å²) in [5, 5.41) is 0. The van der Waals surface area contributed by atoms with Crippen molar-refractivity contribution in [2.24, 2.45) is 0 Å². The lowest BCUT2D eigenvalue weighted by molar-refractivity contribution is 0.570. The van der Waals surface area contributed by atoms with Crippen LogP contribution in [0.4, 0.5) is 0 Å². The maximum atomic E-state index is 12.6. The number of fused-ring (bicyclic) bond motifs is 1. The van der Waals surface area contributed by atoms with Crippen molar-refractivity contribution >= 4 is 11.2 Å². The summed E-state index contributed by atoms with van der Waals surface area (Å²) in [6, 6.07) is 9.55. The number of nitrogens with zero attached hydrogens (tertiary/aromatic N) is 4. The second-order valence-corrected chi connectivity index (χ2v) is 5.00. The number of hydrogen-bond acceptors (Lipinski definition) is 3. The van der Waals surface area contributed by atoms with Gasteiger partial charge in [0, 0.05) is 18.4 Å². The highest BCUT2D eigenvalue weighted by molar-refractivity contribution is 5.71. The van der Waals surface area contributed by atoms with Crippen LogP contribution in [0.1, 0.15) is 25.6 Å². The van der Waals surface area contributed by atoms with Gasteiger partial charge in [0.25, 0.3) is 0 Å². The topological polar surface area (TPSA) is 52.7 Å². The van der Waals surface area contributed by atoms with E-state index in [1.807, 2.05) is 44.2 Å². The van der Waals surface area contributed by atoms with Crippen LogP contribution in [0, 0.1) is 0 Å². The Morgan fingerprint density at radius 2 is 1.90 bits per heavy atom. The van der Waals surface area contributed by atoms with Gasteiger partial charge in [-0.1, -0.05) is 6.07 Å². The van der Waals surface area contributed by atoms with Crippen LogP contribution >= 0.6 is 0 Å². The Bertz CT molecular complexity index is 786. The normalized spacial score (nSPS) is 11.3. The zero-order valence-electron chi connectivity index (χ0n) is 11.5. The van der Waals surface area contributed by atoms with Gasteiger partial charge in [-0.3, -0.25) is 14.1 Å². The molecule has 102 valence electrons. The van der Waals surface area contributed by atoms with Gasteiger partial charge in [0.1, 0.15) is 0 Å². The summed E-state index contributed by atoms with van der Waals surface area (Å²) in [5.74, 6) is 0. The van der Waals surface area contributed by atoms with Crippen molar-refractivity contribution in [2.75, 3.05) is 0 Å². The molecule has 5 nitrogen and oxygen atoms in total. The third-order valence-corrected chi connectivity index (χ3v) is 3.28. The minimum Gasteiger partial charge on any atom is -0.284 e. The maximum Gasteiger partial charge on any atom is 0.330 e. The largest absolute Gasteiger partial charge is 0.330 e. The smallest absolute Gasteiger partial charge is 0.284 e. The number of rotatable bonds is 3. The molecular formula is C15H16N4O. The Labute approximate surface area is 116 Å². The molecule has 0 amide bonds. The van der Waals surface area contributed by atoms with E-state index in [0.717, 1.165) is 16.9 Å². The van der Waals surface area contributed by atoms with Crippen LogP contribution in [0.2, 0.25) is 0 Å². The third kappa shape index (κ3) is 2.01. The standard InChI is InChI=1S/C15H16N4O/c1-11(2)19-14-13(7-5-9-17-14)18(15(19)20)10-12-6-3-4-8-16-12/h3-9,11H,10H2,1-2H3. The highest BCUT2D eigenvalue weighted by atomic mass is 16.1. The summed E-state index contributed by atoms with van der Waals surface area (Å²) in [6.45, 7) is 4.43. The van der Waals surface area contributed by atoms with Gasteiger partial charge in [0.15, 0.2) is 5.65 Å². The number of hydrogen-bond donors (Lipinski definition) is 0. The summed E-state index contributed by atoms with van der Waals surface area (Å²) in [4.78, 5) is 21.2. The van der Waals surface area contributed by atoms with Crippen molar-refractivity contribution in [1.29, 1.82) is 0 Å². The maximum absolute atomic E-state index is 12.6. The molecule has 0 radical (unpaired) electrons. The molecule has 0 unspecified atom stereocenters. The van der Waals surface area contributed by atoms with Crippen molar-refractivity contribution < 1.29 is 0 Å². The Morgan fingerprint density at radius 1 is 1.10 bits per heavy atom. The average Bonchev–Trinajstić information content (AvgIpc) is 2.73. The molecule has 0 aliphatic heterocycles. The van der Waals surface area contributed by atoms with Crippen LogP contribution in [0.15, 0.2) is 47.5 Å². The molecule has 20 heavy (non-hydrogen) atoms. The average molecular weight is 268 g/mol. The summed E-state index contributed by atoms with van der Waals surface area (Å²) < 4.78 is 3.45. The predicted molar refractivity (Wildman–Crippen MR) is 77.7 cm³/mol. The first-order valence-corrected chi connectivity index (χ1v) is 6.64. The lowest BCUT2D eigenvalue weighted by Gasteiger charge is -2.05. The molecule has 0 N–H and O–H groups in total. The minimum atomic E-state index is -0.0423. The number of pyridine rings is 2. The second kappa shape index (κ2) is 4.92. The molecule has 0 saturated carbocycles. The predicted octanol–water partition coefficient (Wildman–Crippen LogP) is 2.22. The molecule has 0 spiro atoms. The molecule has 3 aromatic rings. The molecule has 3 rings (SSSR count). The number of aromatic nitrogens is 4. The minimum absolute atomic E-state index is 0.0423. The van der Waals surface area contributed by atoms with Crippen LogP contribution in [-0.2, 0) is 6.54 Å². The Morgan fingerprint density at radius 3 is 2.60 bits per heavy atom. The van der Waals surface area contributed by atoms with Gasteiger partial charge in [0.2, 0.25) is 0 Å². The molecule has 0 atom stereocenters.